The number of hydrogen-bond acceptors (Lipinski definition) is 5. The number of rotatable bonds is 5. The van der Waals surface area contributed by atoms with Crippen LogP contribution in [0.2, 0.25) is 0 Å². The molecule has 136 valence electrons. The topological polar surface area (TPSA) is 87.7 Å². The highest BCUT2D eigenvalue weighted by Gasteiger charge is 2.26. The minimum atomic E-state index is -0.250. The van der Waals surface area contributed by atoms with Crippen LogP contribution in [0.4, 0.5) is 0 Å². The van der Waals surface area contributed by atoms with Crippen LogP contribution in [0.15, 0.2) is 24.4 Å². The molecule has 1 fully saturated rings. The van der Waals surface area contributed by atoms with Gasteiger partial charge in [-0.3, -0.25) is 14.8 Å². The Morgan fingerprint density at radius 2 is 2.16 bits per heavy atom. The number of carbonyl (C=O) groups is 1. The second kappa shape index (κ2) is 9.08. The van der Waals surface area contributed by atoms with E-state index >= 15 is 0 Å². The normalized spacial score (nSPS) is 16.8. The molecule has 1 atom stereocenters. The van der Waals surface area contributed by atoms with E-state index < -0.39 is 0 Å². The van der Waals surface area contributed by atoms with Crippen molar-refractivity contribution in [3.05, 3.63) is 41.2 Å². The Balaban J connectivity index is 0.000000701. The lowest BCUT2D eigenvalue weighted by Gasteiger charge is -2.18. The number of aromatic nitrogens is 2. The third-order valence-electron chi connectivity index (χ3n) is 4.44. The van der Waals surface area contributed by atoms with Crippen molar-refractivity contribution in [1.82, 2.24) is 15.1 Å². The van der Waals surface area contributed by atoms with Crippen LogP contribution in [0.25, 0.3) is 0 Å². The summed E-state index contributed by atoms with van der Waals surface area (Å²) < 4.78 is 10.7. The van der Waals surface area contributed by atoms with Crippen molar-refractivity contribution >= 4 is 6.47 Å². The van der Waals surface area contributed by atoms with Crippen molar-refractivity contribution < 1.29 is 19.4 Å². The van der Waals surface area contributed by atoms with Gasteiger partial charge in [0, 0.05) is 36.3 Å². The van der Waals surface area contributed by atoms with Gasteiger partial charge in [0.25, 0.3) is 6.47 Å². The molecule has 0 spiro atoms. The number of methoxy groups -OCH3 is 2. The number of likely N-dealkylation sites (tertiary alicyclic amines) is 1. The average Bonchev–Trinajstić information content (AvgIpc) is 3.24. The molecule has 2 aromatic rings. The lowest BCUT2D eigenvalue weighted by molar-refractivity contribution is -0.122. The quantitative estimate of drug-likeness (QED) is 0.808. The lowest BCUT2D eigenvalue weighted by atomic mass is 10.0. The van der Waals surface area contributed by atoms with Gasteiger partial charge in [-0.1, -0.05) is 6.07 Å². The van der Waals surface area contributed by atoms with Crippen LogP contribution in [-0.4, -0.2) is 54.0 Å². The molecule has 3 rings (SSSR count). The van der Waals surface area contributed by atoms with E-state index in [1.807, 2.05) is 18.3 Å². The Bertz CT molecular complexity index is 687. The van der Waals surface area contributed by atoms with Gasteiger partial charge in [0.2, 0.25) is 0 Å². The summed E-state index contributed by atoms with van der Waals surface area (Å²) in [6.07, 6.45) is 3.08. The second-order valence-electron chi connectivity index (χ2n) is 5.97. The second-order valence-corrected chi connectivity index (χ2v) is 5.97. The predicted molar refractivity (Wildman–Crippen MR) is 94.2 cm³/mol. The van der Waals surface area contributed by atoms with Crippen LogP contribution in [0.5, 0.6) is 11.5 Å². The number of hydrogen-bond donors (Lipinski definition) is 2. The van der Waals surface area contributed by atoms with Gasteiger partial charge in [-0.25, -0.2) is 0 Å². The van der Waals surface area contributed by atoms with Crippen molar-refractivity contribution in [2.75, 3.05) is 27.3 Å². The van der Waals surface area contributed by atoms with Gasteiger partial charge in [-0.05, 0) is 31.5 Å². The summed E-state index contributed by atoms with van der Waals surface area (Å²) >= 11 is 0. The summed E-state index contributed by atoms with van der Waals surface area (Å²) in [5, 5.41) is 14.2. The molecule has 1 unspecified atom stereocenters. The molecule has 1 aliphatic rings. The van der Waals surface area contributed by atoms with Crippen LogP contribution < -0.4 is 9.47 Å². The first-order valence-corrected chi connectivity index (χ1v) is 8.13. The highest BCUT2D eigenvalue weighted by atomic mass is 16.5. The van der Waals surface area contributed by atoms with Crippen molar-refractivity contribution in [3.8, 4) is 11.5 Å². The van der Waals surface area contributed by atoms with E-state index in [-0.39, 0.29) is 6.47 Å². The Morgan fingerprint density at radius 3 is 2.76 bits per heavy atom. The summed E-state index contributed by atoms with van der Waals surface area (Å²) in [6.45, 7) is 4.92. The van der Waals surface area contributed by atoms with Gasteiger partial charge in [0.1, 0.15) is 11.5 Å². The first kappa shape index (κ1) is 18.8. The third-order valence-corrected chi connectivity index (χ3v) is 4.44. The molecule has 0 amide bonds. The third kappa shape index (κ3) is 4.73. The number of aromatic amines is 1. The van der Waals surface area contributed by atoms with E-state index in [9.17, 15) is 0 Å². The Morgan fingerprint density at radius 1 is 1.40 bits per heavy atom. The van der Waals surface area contributed by atoms with E-state index in [0.717, 1.165) is 31.1 Å². The van der Waals surface area contributed by atoms with Gasteiger partial charge in [0.15, 0.2) is 0 Å². The summed E-state index contributed by atoms with van der Waals surface area (Å²) in [5.74, 6) is 2.26. The maximum atomic E-state index is 8.36. The maximum Gasteiger partial charge on any atom is 0.290 e. The molecule has 1 saturated heterocycles. The van der Waals surface area contributed by atoms with Crippen LogP contribution in [-0.2, 0) is 11.3 Å². The zero-order valence-corrected chi connectivity index (χ0v) is 14.9. The zero-order chi connectivity index (χ0) is 18.2. The molecule has 0 radical (unpaired) electrons. The summed E-state index contributed by atoms with van der Waals surface area (Å²) in [4.78, 5) is 10.8. The van der Waals surface area contributed by atoms with Crippen molar-refractivity contribution in [1.29, 1.82) is 0 Å². The van der Waals surface area contributed by atoms with Crippen molar-refractivity contribution in [3.63, 3.8) is 0 Å². The summed E-state index contributed by atoms with van der Waals surface area (Å²) in [7, 11) is 3.38. The number of H-pyrrole nitrogens is 1. The van der Waals surface area contributed by atoms with Gasteiger partial charge < -0.3 is 14.6 Å². The van der Waals surface area contributed by atoms with Gasteiger partial charge >= 0.3 is 0 Å². The fourth-order valence-corrected chi connectivity index (χ4v) is 3.20. The number of ether oxygens (including phenoxy) is 2. The number of nitrogens with one attached hydrogen (secondary N) is 1. The first-order chi connectivity index (χ1) is 12.1. The Hall–Kier alpha value is -2.54. The van der Waals surface area contributed by atoms with Gasteiger partial charge in [0.05, 0.1) is 20.4 Å². The minimum absolute atomic E-state index is 0.250. The van der Waals surface area contributed by atoms with E-state index in [1.165, 1.54) is 23.2 Å². The smallest absolute Gasteiger partial charge is 0.290 e. The number of carboxylic acid groups (broad SMARTS) is 1. The zero-order valence-electron chi connectivity index (χ0n) is 14.9. The molecule has 1 aliphatic heterocycles. The van der Waals surface area contributed by atoms with Crippen LogP contribution in [0, 0.1) is 6.92 Å². The molecule has 7 nitrogen and oxygen atoms in total. The SMILES string of the molecule is COc1ccc(CN2CCC(c3[nH]ncc3C)C2)c(OC)c1.O=CO. The molecule has 0 bridgehead atoms. The molecular weight excluding hydrogens is 322 g/mol. The molecule has 1 aromatic heterocycles. The largest absolute Gasteiger partial charge is 0.497 e. The maximum absolute atomic E-state index is 8.36. The van der Waals surface area contributed by atoms with Crippen LogP contribution in [0.1, 0.15) is 29.2 Å². The van der Waals surface area contributed by atoms with Crippen molar-refractivity contribution in [2.24, 2.45) is 0 Å². The van der Waals surface area contributed by atoms with Gasteiger partial charge in [-0.2, -0.15) is 5.10 Å². The summed E-state index contributed by atoms with van der Waals surface area (Å²) in [5.41, 5.74) is 3.74. The molecule has 25 heavy (non-hydrogen) atoms. The summed E-state index contributed by atoms with van der Waals surface area (Å²) in [6, 6.07) is 6.03. The molecule has 0 aliphatic carbocycles. The lowest BCUT2D eigenvalue weighted by Crippen LogP contribution is -2.20. The molecule has 1 aromatic carbocycles. The average molecular weight is 347 g/mol. The van der Waals surface area contributed by atoms with Gasteiger partial charge in [-0.15, -0.1) is 0 Å². The Kier molecular flexibility index (Phi) is 6.82. The molecule has 7 heteroatoms. The molecular formula is C18H25N3O4. The van der Waals surface area contributed by atoms with E-state index in [4.69, 9.17) is 19.4 Å². The fraction of sp³-hybridized carbons (Fsp3) is 0.444. The van der Waals surface area contributed by atoms with E-state index in [2.05, 4.69) is 28.1 Å². The monoisotopic (exact) mass is 347 g/mol. The highest BCUT2D eigenvalue weighted by molar-refractivity contribution is 5.40. The number of benzene rings is 1. The fourth-order valence-electron chi connectivity index (χ4n) is 3.20. The van der Waals surface area contributed by atoms with Crippen LogP contribution in [0.3, 0.4) is 0 Å². The molecule has 0 saturated carbocycles. The van der Waals surface area contributed by atoms with E-state index in [0.29, 0.717) is 5.92 Å². The minimum Gasteiger partial charge on any atom is -0.497 e. The highest BCUT2D eigenvalue weighted by Crippen LogP contribution is 2.31. The van der Waals surface area contributed by atoms with Crippen LogP contribution >= 0.6 is 0 Å². The number of nitrogens with zero attached hydrogens (tertiary/aromatic N) is 2. The first-order valence-electron chi connectivity index (χ1n) is 8.13. The standard InChI is InChI=1S/C17H23N3O2.CH2O2/c1-12-9-18-19-17(12)14-6-7-20(11-14)10-13-4-5-15(21-2)8-16(13)22-3;2-1-3/h4-5,8-9,14H,6-7,10-11H2,1-3H3,(H,18,19);1H,(H,2,3). The molecule has 2 heterocycles. The number of aryl methyl sites for hydroxylation is 1. The van der Waals surface area contributed by atoms with E-state index in [1.54, 1.807) is 14.2 Å². The Labute approximate surface area is 147 Å². The molecule has 2 N–H and O–H groups in total. The predicted octanol–water partition coefficient (Wildman–Crippen LogP) is 2.43. The van der Waals surface area contributed by atoms with Crippen molar-refractivity contribution in [2.45, 2.75) is 25.8 Å².